The van der Waals surface area contributed by atoms with Gasteiger partial charge in [0.2, 0.25) is 5.96 Å². The largest absolute Gasteiger partial charge is 0.497 e. The molecule has 0 aliphatic rings. The third kappa shape index (κ3) is 4.20. The van der Waals surface area contributed by atoms with Crippen LogP contribution in [0.3, 0.4) is 0 Å². The van der Waals surface area contributed by atoms with Gasteiger partial charge < -0.3 is 10.1 Å². The Morgan fingerprint density at radius 2 is 2.08 bits per heavy atom. The Labute approximate surface area is 162 Å². The molecule has 26 heavy (non-hydrogen) atoms. The molecule has 0 fully saturated rings. The Balaban J connectivity index is 2.08. The molecule has 8 heteroatoms. The summed E-state index contributed by atoms with van der Waals surface area (Å²) in [4.78, 5) is 5.37. The number of aromatic nitrogens is 1. The number of aliphatic imine (C=N–C) groups is 1. The number of halogens is 2. The smallest absolute Gasteiger partial charge is 0.223 e. The first-order valence-electron chi connectivity index (χ1n) is 7.66. The molecule has 0 radical (unpaired) electrons. The molecule has 0 amide bonds. The quantitative estimate of drug-likeness (QED) is 0.454. The van der Waals surface area contributed by atoms with Gasteiger partial charge in [-0.1, -0.05) is 33.5 Å². The van der Waals surface area contributed by atoms with Crippen LogP contribution in [0.15, 0.2) is 58.0 Å². The second kappa shape index (κ2) is 7.84. The molecule has 134 valence electrons. The Bertz CT molecular complexity index is 1030. The Kier molecular flexibility index (Phi) is 5.53. The van der Waals surface area contributed by atoms with Gasteiger partial charge >= 0.3 is 0 Å². The fourth-order valence-electron chi connectivity index (χ4n) is 2.27. The Morgan fingerprint density at radius 3 is 2.73 bits per heavy atom. The molecular weight excluding hydrogens is 419 g/mol. The van der Waals surface area contributed by atoms with Gasteiger partial charge in [0.15, 0.2) is 0 Å². The van der Waals surface area contributed by atoms with E-state index in [2.05, 4.69) is 26.2 Å². The summed E-state index contributed by atoms with van der Waals surface area (Å²) in [6.45, 7) is 1.91. The van der Waals surface area contributed by atoms with Crippen molar-refractivity contribution in [3.63, 3.8) is 0 Å². The molecule has 3 rings (SSSR count). The van der Waals surface area contributed by atoms with E-state index >= 15 is 0 Å². The van der Waals surface area contributed by atoms with Crippen molar-refractivity contribution in [3.05, 3.63) is 69.2 Å². The first kappa shape index (κ1) is 18.3. The predicted molar refractivity (Wildman–Crippen MR) is 106 cm³/mol. The van der Waals surface area contributed by atoms with Crippen LogP contribution in [0.1, 0.15) is 4.88 Å². The zero-order valence-corrected chi connectivity index (χ0v) is 16.5. The number of methoxy groups -OCH3 is 1. The second-order valence-electron chi connectivity index (χ2n) is 5.41. The lowest BCUT2D eigenvalue weighted by atomic mass is 10.3. The third-order valence-electron chi connectivity index (χ3n) is 3.45. The molecule has 0 aliphatic carbocycles. The molecule has 1 aromatic heterocycles. The molecule has 0 bridgehead atoms. The van der Waals surface area contributed by atoms with Crippen molar-refractivity contribution in [1.29, 1.82) is 5.41 Å². The summed E-state index contributed by atoms with van der Waals surface area (Å²) in [6.07, 6.45) is 0. The summed E-state index contributed by atoms with van der Waals surface area (Å²) in [7, 11) is 1.59. The van der Waals surface area contributed by atoms with E-state index < -0.39 is 5.82 Å². The molecule has 0 atom stereocenters. The molecule has 2 aromatic carbocycles. The lowest BCUT2D eigenvalue weighted by Gasteiger charge is -2.12. The van der Waals surface area contributed by atoms with Crippen molar-refractivity contribution < 1.29 is 9.13 Å². The summed E-state index contributed by atoms with van der Waals surface area (Å²) < 4.78 is 21.7. The summed E-state index contributed by atoms with van der Waals surface area (Å²) in [5, 5.41) is 11.3. The van der Waals surface area contributed by atoms with Gasteiger partial charge in [0.05, 0.1) is 7.11 Å². The van der Waals surface area contributed by atoms with Crippen LogP contribution >= 0.6 is 27.5 Å². The molecule has 0 unspecified atom stereocenters. The Morgan fingerprint density at radius 1 is 1.27 bits per heavy atom. The van der Waals surface area contributed by atoms with Gasteiger partial charge in [0, 0.05) is 21.1 Å². The first-order chi connectivity index (χ1) is 12.5. The standard InChI is InChI=1S/C18H16BrFN4OS/c1-11-8-17(21)24(26-11)18(22-13-4-3-5-14(10-13)25-2)23-16-7-6-12(19)9-15(16)20/h3-10,21H,1-2H3,(H,22,23). The maximum Gasteiger partial charge on any atom is 0.223 e. The minimum atomic E-state index is -0.454. The normalized spacial score (nSPS) is 11.5. The highest BCUT2D eigenvalue weighted by Crippen LogP contribution is 2.23. The van der Waals surface area contributed by atoms with Gasteiger partial charge in [0.25, 0.3) is 0 Å². The van der Waals surface area contributed by atoms with Gasteiger partial charge in [-0.15, -0.1) is 0 Å². The zero-order valence-electron chi connectivity index (χ0n) is 14.1. The average Bonchev–Trinajstić information content (AvgIpc) is 2.95. The molecule has 2 N–H and O–H groups in total. The van der Waals surface area contributed by atoms with Crippen molar-refractivity contribution >= 4 is 44.8 Å². The van der Waals surface area contributed by atoms with Crippen LogP contribution in [0.25, 0.3) is 0 Å². The SMILES string of the molecule is COc1cccc(NC(=Nc2ccc(Br)cc2F)n2sc(C)cc2=N)c1. The highest BCUT2D eigenvalue weighted by molar-refractivity contribution is 9.10. The molecule has 0 saturated carbocycles. The monoisotopic (exact) mass is 434 g/mol. The van der Waals surface area contributed by atoms with E-state index in [9.17, 15) is 4.39 Å². The van der Waals surface area contributed by atoms with E-state index in [1.807, 2.05) is 25.1 Å². The second-order valence-corrected chi connectivity index (χ2v) is 7.52. The van der Waals surface area contributed by atoms with E-state index in [0.717, 1.165) is 10.6 Å². The topological polar surface area (TPSA) is 62.4 Å². The van der Waals surface area contributed by atoms with Crippen molar-refractivity contribution in [3.8, 4) is 5.75 Å². The molecule has 1 heterocycles. The fourth-order valence-corrected chi connectivity index (χ4v) is 3.38. The molecular formula is C18H16BrFN4OS. The van der Waals surface area contributed by atoms with Crippen molar-refractivity contribution in [1.82, 2.24) is 3.96 Å². The number of nitrogens with zero attached hydrogens (tertiary/aromatic N) is 2. The molecule has 0 saturated heterocycles. The first-order valence-corrected chi connectivity index (χ1v) is 9.22. The fraction of sp³-hybridized carbons (Fsp3) is 0.111. The van der Waals surface area contributed by atoms with Gasteiger partial charge in [0.1, 0.15) is 22.7 Å². The maximum atomic E-state index is 14.3. The minimum Gasteiger partial charge on any atom is -0.497 e. The number of aryl methyl sites for hydroxylation is 1. The number of nitrogens with one attached hydrogen (secondary N) is 2. The van der Waals surface area contributed by atoms with E-state index in [0.29, 0.717) is 16.2 Å². The van der Waals surface area contributed by atoms with E-state index in [1.54, 1.807) is 35.3 Å². The number of rotatable bonds is 3. The minimum absolute atomic E-state index is 0.177. The van der Waals surface area contributed by atoms with Gasteiger partial charge in [-0.25, -0.2) is 13.3 Å². The van der Waals surface area contributed by atoms with Crippen LogP contribution in [0.4, 0.5) is 15.8 Å². The summed E-state index contributed by atoms with van der Waals surface area (Å²) in [5.74, 6) is 0.565. The Hall–Kier alpha value is -2.45. The zero-order chi connectivity index (χ0) is 18.7. The van der Waals surface area contributed by atoms with Gasteiger partial charge in [-0.2, -0.15) is 0 Å². The van der Waals surface area contributed by atoms with Crippen molar-refractivity contribution in [2.45, 2.75) is 6.92 Å². The number of anilines is 1. The van der Waals surface area contributed by atoms with Crippen molar-refractivity contribution in [2.75, 3.05) is 12.4 Å². The van der Waals surface area contributed by atoms with Crippen LogP contribution in [-0.2, 0) is 0 Å². The van der Waals surface area contributed by atoms with Crippen LogP contribution in [-0.4, -0.2) is 17.0 Å². The van der Waals surface area contributed by atoms with Gasteiger partial charge in [-0.3, -0.25) is 5.41 Å². The average molecular weight is 435 g/mol. The van der Waals surface area contributed by atoms with Crippen molar-refractivity contribution in [2.24, 2.45) is 4.99 Å². The highest BCUT2D eigenvalue weighted by atomic mass is 79.9. The van der Waals surface area contributed by atoms with E-state index in [1.165, 1.54) is 17.6 Å². The summed E-state index contributed by atoms with van der Waals surface area (Å²) in [6, 6.07) is 13.7. The maximum absolute atomic E-state index is 14.3. The molecule has 0 aliphatic heterocycles. The lowest BCUT2D eigenvalue weighted by Crippen LogP contribution is -2.28. The number of benzene rings is 2. The third-order valence-corrected chi connectivity index (χ3v) is 4.90. The number of ether oxygens (including phenoxy) is 1. The highest BCUT2D eigenvalue weighted by Gasteiger charge is 2.11. The summed E-state index contributed by atoms with van der Waals surface area (Å²) >= 11 is 4.59. The van der Waals surface area contributed by atoms with E-state index in [4.69, 9.17) is 10.1 Å². The number of hydrogen-bond donors (Lipinski definition) is 2. The molecule has 3 aromatic rings. The van der Waals surface area contributed by atoms with Crippen LogP contribution in [0.5, 0.6) is 5.75 Å². The van der Waals surface area contributed by atoms with Crippen LogP contribution in [0, 0.1) is 18.2 Å². The predicted octanol–water partition coefficient (Wildman–Crippen LogP) is 4.90. The van der Waals surface area contributed by atoms with Crippen LogP contribution in [0.2, 0.25) is 0 Å². The molecule has 5 nitrogen and oxygen atoms in total. The van der Waals surface area contributed by atoms with Crippen LogP contribution < -0.4 is 15.5 Å². The molecule has 0 spiro atoms. The summed E-state index contributed by atoms with van der Waals surface area (Å²) in [5.41, 5.74) is 1.16. The van der Waals surface area contributed by atoms with E-state index in [-0.39, 0.29) is 11.2 Å². The lowest BCUT2D eigenvalue weighted by molar-refractivity contribution is 0.415. The van der Waals surface area contributed by atoms with Gasteiger partial charge in [-0.05, 0) is 43.3 Å². The number of hydrogen-bond acceptors (Lipinski definition) is 4.